The Kier molecular flexibility index (Phi) is 6.49. The summed E-state index contributed by atoms with van der Waals surface area (Å²) in [4.78, 5) is 6.63. The molecule has 1 fully saturated rings. The van der Waals surface area contributed by atoms with E-state index in [-0.39, 0.29) is 5.41 Å². The van der Waals surface area contributed by atoms with Gasteiger partial charge in [0, 0.05) is 25.9 Å². The Balaban J connectivity index is 2.56. The highest BCUT2D eigenvalue weighted by Crippen LogP contribution is 2.25. The van der Waals surface area contributed by atoms with Gasteiger partial charge in [0.2, 0.25) is 5.90 Å². The Morgan fingerprint density at radius 3 is 2.74 bits per heavy atom. The zero-order valence-electron chi connectivity index (χ0n) is 12.8. The van der Waals surface area contributed by atoms with Crippen LogP contribution in [0.4, 0.5) is 0 Å². The van der Waals surface area contributed by atoms with Crippen molar-refractivity contribution < 1.29 is 4.74 Å². The predicted octanol–water partition coefficient (Wildman–Crippen LogP) is 3.54. The monoisotopic (exact) mass is 282 g/mol. The third kappa shape index (κ3) is 6.71. The summed E-state index contributed by atoms with van der Waals surface area (Å²) in [7, 11) is 2.12. The van der Waals surface area contributed by atoms with Gasteiger partial charge >= 0.3 is 0 Å². The van der Waals surface area contributed by atoms with Crippen LogP contribution >= 0.6 is 11.8 Å². The quantitative estimate of drug-likeness (QED) is 0.582. The van der Waals surface area contributed by atoms with E-state index in [0.717, 1.165) is 19.0 Å². The topological polar surface area (TPSA) is 24.8 Å². The summed E-state index contributed by atoms with van der Waals surface area (Å²) in [6, 6.07) is 0. The van der Waals surface area contributed by atoms with Gasteiger partial charge in [-0.1, -0.05) is 26.8 Å². The van der Waals surface area contributed by atoms with Crippen molar-refractivity contribution in [3.05, 3.63) is 23.3 Å². The van der Waals surface area contributed by atoms with Crippen LogP contribution in [0.15, 0.2) is 28.2 Å². The third-order valence-electron chi connectivity index (χ3n) is 2.50. The SMILES string of the molecule is CCN=C(/C=C/C=C1\SCCN1C)OCC(C)(C)C. The summed E-state index contributed by atoms with van der Waals surface area (Å²) in [5.41, 5.74) is 0.155. The van der Waals surface area contributed by atoms with E-state index in [2.05, 4.69) is 43.8 Å². The molecule has 1 aliphatic rings. The van der Waals surface area contributed by atoms with Crippen LogP contribution < -0.4 is 0 Å². The van der Waals surface area contributed by atoms with E-state index in [1.165, 1.54) is 10.8 Å². The number of hydrogen-bond acceptors (Lipinski definition) is 4. The van der Waals surface area contributed by atoms with Crippen molar-refractivity contribution in [1.29, 1.82) is 0 Å². The second kappa shape index (κ2) is 7.63. The molecule has 0 amide bonds. The molecule has 0 aromatic rings. The van der Waals surface area contributed by atoms with Gasteiger partial charge in [-0.2, -0.15) is 0 Å². The molecule has 1 aliphatic heterocycles. The van der Waals surface area contributed by atoms with Crippen molar-refractivity contribution in [1.82, 2.24) is 4.90 Å². The van der Waals surface area contributed by atoms with Crippen molar-refractivity contribution >= 4 is 17.7 Å². The molecule has 0 bridgehead atoms. The first-order valence-corrected chi connectivity index (χ1v) is 7.80. The molecule has 0 unspecified atom stereocenters. The molecule has 3 nitrogen and oxygen atoms in total. The largest absolute Gasteiger partial charge is 0.477 e. The number of aliphatic imine (C=N–C) groups is 1. The lowest BCUT2D eigenvalue weighted by Crippen LogP contribution is -2.17. The number of hydrogen-bond donors (Lipinski definition) is 0. The molecule has 1 heterocycles. The summed E-state index contributed by atoms with van der Waals surface area (Å²) in [5, 5.41) is 1.31. The Morgan fingerprint density at radius 2 is 2.21 bits per heavy atom. The maximum absolute atomic E-state index is 5.75. The zero-order chi connectivity index (χ0) is 14.3. The maximum atomic E-state index is 5.75. The second-order valence-corrected chi connectivity index (χ2v) is 6.91. The van der Waals surface area contributed by atoms with Crippen LogP contribution in [0.1, 0.15) is 27.7 Å². The summed E-state index contributed by atoms with van der Waals surface area (Å²) in [6.07, 6.45) is 6.11. The average molecular weight is 282 g/mol. The molecule has 1 rings (SSSR count). The van der Waals surface area contributed by atoms with E-state index in [1.54, 1.807) is 0 Å². The summed E-state index contributed by atoms with van der Waals surface area (Å²) in [5.74, 6) is 1.90. The molecule has 0 N–H and O–H groups in total. The normalized spacial score (nSPS) is 19.7. The lowest BCUT2D eigenvalue weighted by Gasteiger charge is -2.18. The molecule has 0 aliphatic carbocycles. The Morgan fingerprint density at radius 1 is 1.47 bits per heavy atom. The van der Waals surface area contributed by atoms with Crippen molar-refractivity contribution in [3.8, 4) is 0 Å². The number of rotatable bonds is 4. The molecule has 1 saturated heterocycles. The van der Waals surface area contributed by atoms with E-state index in [0.29, 0.717) is 6.61 Å². The van der Waals surface area contributed by atoms with Gasteiger partial charge in [0.1, 0.15) is 0 Å². The summed E-state index contributed by atoms with van der Waals surface area (Å²) < 4.78 is 5.75. The molecule has 19 heavy (non-hydrogen) atoms. The van der Waals surface area contributed by atoms with E-state index in [9.17, 15) is 0 Å². The minimum atomic E-state index is 0.155. The fourth-order valence-corrected chi connectivity index (χ4v) is 2.55. The first-order valence-electron chi connectivity index (χ1n) is 6.82. The highest BCUT2D eigenvalue weighted by Gasteiger charge is 2.12. The van der Waals surface area contributed by atoms with Crippen molar-refractivity contribution in [2.45, 2.75) is 27.7 Å². The highest BCUT2D eigenvalue weighted by molar-refractivity contribution is 8.03. The fraction of sp³-hybridized carbons (Fsp3) is 0.667. The molecular formula is C15H26N2OS. The van der Waals surface area contributed by atoms with Gasteiger partial charge in [0.25, 0.3) is 0 Å². The average Bonchev–Trinajstić information content (AvgIpc) is 2.71. The fourth-order valence-electron chi connectivity index (χ4n) is 1.49. The van der Waals surface area contributed by atoms with Crippen LogP contribution in [0.5, 0.6) is 0 Å². The molecule has 0 atom stereocenters. The Hall–Kier alpha value is -0.900. The smallest absolute Gasteiger partial charge is 0.208 e. The number of thioether (sulfide) groups is 1. The van der Waals surface area contributed by atoms with Gasteiger partial charge in [-0.25, -0.2) is 0 Å². The standard InChI is InChI=1S/C15H26N2OS/c1-6-16-13(18-12-15(2,3)4)8-7-9-14-17(5)10-11-19-14/h7-9H,6,10-12H2,1-5H3/b8-7+,14-9-,16-13?. The minimum Gasteiger partial charge on any atom is -0.477 e. The van der Waals surface area contributed by atoms with Crippen LogP contribution in [0.25, 0.3) is 0 Å². The van der Waals surface area contributed by atoms with Gasteiger partial charge in [-0.15, -0.1) is 11.8 Å². The van der Waals surface area contributed by atoms with Crippen LogP contribution in [-0.2, 0) is 4.74 Å². The molecule has 0 radical (unpaired) electrons. The first-order chi connectivity index (χ1) is 8.92. The molecule has 0 saturated carbocycles. The van der Waals surface area contributed by atoms with Gasteiger partial charge < -0.3 is 9.64 Å². The number of ether oxygens (including phenoxy) is 1. The van der Waals surface area contributed by atoms with Crippen LogP contribution in [0, 0.1) is 5.41 Å². The predicted molar refractivity (Wildman–Crippen MR) is 85.7 cm³/mol. The number of nitrogens with zero attached hydrogens (tertiary/aromatic N) is 2. The maximum Gasteiger partial charge on any atom is 0.208 e. The van der Waals surface area contributed by atoms with E-state index >= 15 is 0 Å². The minimum absolute atomic E-state index is 0.155. The first kappa shape index (κ1) is 16.2. The second-order valence-electron chi connectivity index (χ2n) is 5.80. The molecule has 0 aromatic heterocycles. The molecule has 0 aromatic carbocycles. The van der Waals surface area contributed by atoms with Crippen LogP contribution in [0.3, 0.4) is 0 Å². The molecule has 0 spiro atoms. The van der Waals surface area contributed by atoms with Gasteiger partial charge in [-0.3, -0.25) is 4.99 Å². The van der Waals surface area contributed by atoms with Crippen LogP contribution in [-0.4, -0.2) is 43.3 Å². The number of allylic oxidation sites excluding steroid dienone is 2. The van der Waals surface area contributed by atoms with Gasteiger partial charge in [0.15, 0.2) is 0 Å². The van der Waals surface area contributed by atoms with Crippen molar-refractivity contribution in [2.75, 3.05) is 32.5 Å². The molecule has 108 valence electrons. The van der Waals surface area contributed by atoms with E-state index in [4.69, 9.17) is 4.74 Å². The molecular weight excluding hydrogens is 256 g/mol. The van der Waals surface area contributed by atoms with Crippen molar-refractivity contribution in [2.24, 2.45) is 10.4 Å². The highest BCUT2D eigenvalue weighted by atomic mass is 32.2. The van der Waals surface area contributed by atoms with Gasteiger partial charge in [-0.05, 0) is 24.5 Å². The molecule has 4 heteroatoms. The van der Waals surface area contributed by atoms with Crippen LogP contribution in [0.2, 0.25) is 0 Å². The Bertz CT molecular complexity index is 367. The third-order valence-corrected chi connectivity index (χ3v) is 3.63. The lowest BCUT2D eigenvalue weighted by atomic mass is 9.99. The van der Waals surface area contributed by atoms with Crippen molar-refractivity contribution in [3.63, 3.8) is 0 Å². The van der Waals surface area contributed by atoms with Gasteiger partial charge in [0.05, 0.1) is 11.6 Å². The summed E-state index contributed by atoms with van der Waals surface area (Å²) in [6.45, 7) is 11.1. The summed E-state index contributed by atoms with van der Waals surface area (Å²) >= 11 is 1.89. The van der Waals surface area contributed by atoms with E-state index in [1.807, 2.05) is 30.8 Å². The zero-order valence-corrected chi connectivity index (χ0v) is 13.6. The lowest BCUT2D eigenvalue weighted by molar-refractivity contribution is 0.188. The Labute approximate surface area is 121 Å². The van der Waals surface area contributed by atoms with E-state index < -0.39 is 0 Å².